The Kier molecular flexibility index (Phi) is 5.29. The lowest BCUT2D eigenvalue weighted by Crippen LogP contribution is -2.08. The smallest absolute Gasteiger partial charge is 0.383 e. The van der Waals surface area contributed by atoms with Crippen molar-refractivity contribution in [1.82, 2.24) is 9.78 Å². The monoisotopic (exact) mass is 428 g/mol. The number of anilines is 1. The number of alkyl halides is 3. The van der Waals surface area contributed by atoms with Crippen LogP contribution in [0.1, 0.15) is 11.3 Å². The topological polar surface area (TPSA) is 67.6 Å². The normalized spacial score (nSPS) is 11.4. The summed E-state index contributed by atoms with van der Waals surface area (Å²) in [5.74, 6) is 0.0453. The van der Waals surface area contributed by atoms with Gasteiger partial charge in [0.15, 0.2) is 5.69 Å². The van der Waals surface area contributed by atoms with E-state index in [4.69, 9.17) is 28.9 Å². The first kappa shape index (κ1) is 19.4. The summed E-state index contributed by atoms with van der Waals surface area (Å²) in [6.45, 7) is 0. The number of rotatable bonds is 3. The van der Waals surface area contributed by atoms with Crippen LogP contribution in [0.4, 0.5) is 19.0 Å². The largest absolute Gasteiger partial charge is 0.416 e. The van der Waals surface area contributed by atoms with Crippen molar-refractivity contribution in [3.05, 3.63) is 63.8 Å². The molecule has 0 amide bonds. The lowest BCUT2D eigenvalue weighted by atomic mass is 10.2. The summed E-state index contributed by atoms with van der Waals surface area (Å²) in [4.78, 5) is 1.17. The van der Waals surface area contributed by atoms with Gasteiger partial charge in [0.05, 0.1) is 20.5 Å². The fourth-order valence-corrected chi connectivity index (χ4v) is 3.85. The molecule has 0 aliphatic carbocycles. The van der Waals surface area contributed by atoms with Crippen LogP contribution in [0.25, 0.3) is 5.69 Å². The Labute approximate surface area is 166 Å². The molecule has 4 nitrogen and oxygen atoms in total. The summed E-state index contributed by atoms with van der Waals surface area (Å²) in [5, 5.41) is 12.9. The summed E-state index contributed by atoms with van der Waals surface area (Å²) >= 11 is 13.2. The fraction of sp³-hybridized carbons (Fsp3) is 0.0588. The molecule has 138 valence electrons. The molecular formula is C17H9Cl2F3N4S. The molecule has 1 heterocycles. The van der Waals surface area contributed by atoms with Crippen LogP contribution in [0.5, 0.6) is 0 Å². The molecule has 10 heteroatoms. The summed E-state index contributed by atoms with van der Waals surface area (Å²) in [6, 6.07) is 12.5. The van der Waals surface area contributed by atoms with E-state index in [1.165, 1.54) is 11.8 Å². The van der Waals surface area contributed by atoms with Crippen LogP contribution in [0.15, 0.2) is 52.3 Å². The molecular weight excluding hydrogens is 420 g/mol. The van der Waals surface area contributed by atoms with E-state index in [0.717, 1.165) is 21.7 Å². The van der Waals surface area contributed by atoms with Crippen LogP contribution in [-0.2, 0) is 6.18 Å². The van der Waals surface area contributed by atoms with Crippen LogP contribution < -0.4 is 5.73 Å². The molecule has 27 heavy (non-hydrogen) atoms. The van der Waals surface area contributed by atoms with Gasteiger partial charge in [0.25, 0.3) is 0 Å². The van der Waals surface area contributed by atoms with E-state index in [9.17, 15) is 18.4 Å². The molecule has 2 aromatic carbocycles. The summed E-state index contributed by atoms with van der Waals surface area (Å²) in [5.41, 5.74) is 5.10. The van der Waals surface area contributed by atoms with Crippen LogP contribution in [-0.4, -0.2) is 9.78 Å². The predicted octanol–water partition coefficient (Wildman–Crippen LogP) is 5.80. The average molecular weight is 429 g/mol. The number of nitrogen functional groups attached to an aromatic ring is 1. The second kappa shape index (κ2) is 7.35. The molecule has 3 rings (SSSR count). The van der Waals surface area contributed by atoms with E-state index >= 15 is 0 Å². The molecule has 0 unspecified atom stereocenters. The first-order chi connectivity index (χ1) is 12.7. The molecule has 0 saturated heterocycles. The maximum absolute atomic E-state index is 12.9. The Morgan fingerprint density at radius 3 is 2.22 bits per heavy atom. The second-order valence-corrected chi connectivity index (χ2v) is 7.19. The van der Waals surface area contributed by atoms with Crippen LogP contribution in [0, 0.1) is 11.3 Å². The lowest BCUT2D eigenvalue weighted by molar-refractivity contribution is -0.137. The van der Waals surface area contributed by atoms with Gasteiger partial charge in [-0.2, -0.15) is 23.5 Å². The van der Waals surface area contributed by atoms with Gasteiger partial charge in [-0.05, 0) is 24.3 Å². The molecule has 0 spiro atoms. The number of nitrogens with zero attached hydrogens (tertiary/aromatic N) is 3. The summed E-state index contributed by atoms with van der Waals surface area (Å²) < 4.78 is 39.8. The fourth-order valence-electron chi connectivity index (χ4n) is 2.30. The number of aromatic nitrogens is 2. The molecule has 3 aromatic rings. The van der Waals surface area contributed by atoms with Gasteiger partial charge >= 0.3 is 6.18 Å². The number of nitriles is 1. The molecule has 1 aromatic heterocycles. The zero-order valence-corrected chi connectivity index (χ0v) is 15.6. The van der Waals surface area contributed by atoms with Gasteiger partial charge in [-0.25, -0.2) is 4.68 Å². The molecule has 0 aliphatic heterocycles. The third-order valence-electron chi connectivity index (χ3n) is 3.50. The minimum absolute atomic E-state index is 0.00776. The van der Waals surface area contributed by atoms with Gasteiger partial charge < -0.3 is 5.73 Å². The van der Waals surface area contributed by atoms with Gasteiger partial charge in [-0.15, -0.1) is 0 Å². The second-order valence-electron chi connectivity index (χ2n) is 5.29. The van der Waals surface area contributed by atoms with Crippen molar-refractivity contribution in [1.29, 1.82) is 5.26 Å². The zero-order chi connectivity index (χ0) is 19.8. The number of hydrogen-bond donors (Lipinski definition) is 1. The van der Waals surface area contributed by atoms with Gasteiger partial charge in [-0.3, -0.25) is 0 Å². The lowest BCUT2D eigenvalue weighted by Gasteiger charge is -2.13. The van der Waals surface area contributed by atoms with Crippen LogP contribution in [0.2, 0.25) is 10.0 Å². The van der Waals surface area contributed by atoms with Crippen molar-refractivity contribution in [2.24, 2.45) is 0 Å². The SMILES string of the molecule is N#Cc1nn(-c2c(Cl)cc(C(F)(F)F)cc2Cl)c(N)c1Sc1ccccc1. The van der Waals surface area contributed by atoms with E-state index in [0.29, 0.717) is 4.90 Å². The molecule has 0 radical (unpaired) electrons. The maximum Gasteiger partial charge on any atom is 0.416 e. The molecule has 0 atom stereocenters. The molecule has 0 aliphatic rings. The highest BCUT2D eigenvalue weighted by Crippen LogP contribution is 2.41. The highest BCUT2D eigenvalue weighted by Gasteiger charge is 2.33. The van der Waals surface area contributed by atoms with Gasteiger partial charge in [0.1, 0.15) is 17.6 Å². The third-order valence-corrected chi connectivity index (χ3v) is 5.19. The highest BCUT2D eigenvalue weighted by atomic mass is 35.5. The van der Waals surface area contributed by atoms with Gasteiger partial charge in [0, 0.05) is 4.90 Å². The van der Waals surface area contributed by atoms with Crippen molar-refractivity contribution in [2.45, 2.75) is 16.0 Å². The van der Waals surface area contributed by atoms with E-state index in [1.807, 2.05) is 36.4 Å². The number of nitrogens with two attached hydrogens (primary N) is 1. The predicted molar refractivity (Wildman–Crippen MR) is 98.3 cm³/mol. The quantitative estimate of drug-likeness (QED) is 0.571. The van der Waals surface area contributed by atoms with Crippen molar-refractivity contribution < 1.29 is 13.2 Å². The first-order valence-electron chi connectivity index (χ1n) is 7.30. The van der Waals surface area contributed by atoms with Crippen LogP contribution in [0.3, 0.4) is 0 Å². The van der Waals surface area contributed by atoms with Crippen molar-refractivity contribution in [3.63, 3.8) is 0 Å². The number of halogens is 5. The highest BCUT2D eigenvalue weighted by molar-refractivity contribution is 7.99. The Morgan fingerprint density at radius 1 is 1.11 bits per heavy atom. The van der Waals surface area contributed by atoms with E-state index in [2.05, 4.69) is 5.10 Å². The van der Waals surface area contributed by atoms with Crippen molar-refractivity contribution in [3.8, 4) is 11.8 Å². The summed E-state index contributed by atoms with van der Waals surface area (Å²) in [7, 11) is 0. The van der Waals surface area contributed by atoms with Gasteiger partial charge in [-0.1, -0.05) is 53.2 Å². The van der Waals surface area contributed by atoms with E-state index in [1.54, 1.807) is 0 Å². The Balaban J connectivity index is 2.13. The van der Waals surface area contributed by atoms with Crippen LogP contribution >= 0.6 is 35.0 Å². The Hall–Kier alpha value is -2.34. The van der Waals surface area contributed by atoms with Gasteiger partial charge in [0.2, 0.25) is 0 Å². The molecule has 0 saturated carbocycles. The Bertz CT molecular complexity index is 1020. The van der Waals surface area contributed by atoms with Crippen molar-refractivity contribution >= 4 is 40.8 Å². The zero-order valence-electron chi connectivity index (χ0n) is 13.3. The number of benzene rings is 2. The molecule has 0 fully saturated rings. The standard InChI is InChI=1S/C17H9Cl2F3N4S/c18-11-6-9(17(20,21)22)7-12(19)14(11)26-16(24)15(13(8-23)25-26)27-10-4-2-1-3-5-10/h1-7H,24H2. The first-order valence-corrected chi connectivity index (χ1v) is 8.87. The summed E-state index contributed by atoms with van der Waals surface area (Å²) in [6.07, 6.45) is -4.60. The van der Waals surface area contributed by atoms with E-state index < -0.39 is 11.7 Å². The van der Waals surface area contributed by atoms with E-state index in [-0.39, 0.29) is 27.2 Å². The Morgan fingerprint density at radius 2 is 1.70 bits per heavy atom. The minimum atomic E-state index is -4.60. The number of hydrogen-bond acceptors (Lipinski definition) is 4. The molecule has 0 bridgehead atoms. The van der Waals surface area contributed by atoms with Crippen molar-refractivity contribution in [2.75, 3.05) is 5.73 Å². The minimum Gasteiger partial charge on any atom is -0.383 e. The molecule has 2 N–H and O–H groups in total. The third kappa shape index (κ3) is 3.86. The maximum atomic E-state index is 12.9. The average Bonchev–Trinajstić information content (AvgIpc) is 2.91.